The van der Waals surface area contributed by atoms with E-state index in [2.05, 4.69) is 4.74 Å². The van der Waals surface area contributed by atoms with Crippen molar-refractivity contribution in [2.24, 2.45) is 0 Å². The summed E-state index contributed by atoms with van der Waals surface area (Å²) in [6.45, 7) is 0.965. The molecule has 2 N–H and O–H groups in total. The zero-order valence-electron chi connectivity index (χ0n) is 10.2. The minimum Gasteiger partial charge on any atom is -0.504 e. The van der Waals surface area contributed by atoms with E-state index < -0.39 is 30.4 Å². The number of amides is 1. The number of cyclic esters (lactones) is 1. The summed E-state index contributed by atoms with van der Waals surface area (Å²) < 4.78 is 36.8. The van der Waals surface area contributed by atoms with Gasteiger partial charge in [0, 0.05) is 5.56 Å². The van der Waals surface area contributed by atoms with E-state index in [0.29, 0.717) is 0 Å². The molecule has 0 spiro atoms. The van der Waals surface area contributed by atoms with E-state index in [4.69, 9.17) is 4.74 Å². The minimum absolute atomic E-state index is 0.0940. The summed E-state index contributed by atoms with van der Waals surface area (Å²) in [7, 11) is 0. The van der Waals surface area contributed by atoms with Crippen molar-refractivity contribution in [3.8, 4) is 11.5 Å². The van der Waals surface area contributed by atoms with Crippen LogP contribution in [0.15, 0.2) is 18.2 Å². The van der Waals surface area contributed by atoms with E-state index in [9.17, 15) is 18.7 Å². The Morgan fingerprint density at radius 3 is 3.00 bits per heavy atom. The number of hydrogen-bond donors (Lipinski definition) is 2. The van der Waals surface area contributed by atoms with Crippen LogP contribution < -0.4 is 10.1 Å². The Bertz CT molecular complexity index is 493. The van der Waals surface area contributed by atoms with Gasteiger partial charge in [0.15, 0.2) is 18.1 Å². The van der Waals surface area contributed by atoms with E-state index >= 15 is 0 Å². The largest absolute Gasteiger partial charge is 0.504 e. The number of para-hydroxylation sites is 1. The van der Waals surface area contributed by atoms with Crippen molar-refractivity contribution < 1.29 is 28.2 Å². The second-order valence-corrected chi connectivity index (χ2v) is 4.04. The maximum atomic E-state index is 13.7. The second kappa shape index (κ2) is 4.91. The van der Waals surface area contributed by atoms with Crippen LogP contribution in [0.2, 0.25) is 0 Å². The first-order valence-electron chi connectivity index (χ1n) is 5.71. The van der Waals surface area contributed by atoms with E-state index in [1.807, 2.05) is 5.32 Å². The Morgan fingerprint density at radius 1 is 1.58 bits per heavy atom. The standard InChI is InChI=1S/C12H13F2NO4/c1-2-18-8-5-3-4-7(9(8)16)10-12(13,14)6-19-11(17)15-10/h3-5,10,16H,2,6H2,1H3,(H,15,17)/t10-/m1/s1. The number of aromatic hydroxyl groups is 1. The van der Waals surface area contributed by atoms with Crippen LogP contribution in [0.3, 0.4) is 0 Å². The van der Waals surface area contributed by atoms with Gasteiger partial charge in [-0.1, -0.05) is 12.1 Å². The molecule has 1 aromatic rings. The predicted octanol–water partition coefficient (Wildman–Crippen LogP) is 2.21. The molecule has 0 bridgehead atoms. The fraction of sp³-hybridized carbons (Fsp3) is 0.417. The number of rotatable bonds is 3. The average molecular weight is 273 g/mol. The van der Waals surface area contributed by atoms with Gasteiger partial charge in [-0.15, -0.1) is 0 Å². The zero-order chi connectivity index (χ0) is 14.0. The highest BCUT2D eigenvalue weighted by Crippen LogP contribution is 2.41. The molecule has 5 nitrogen and oxygen atoms in total. The maximum Gasteiger partial charge on any atom is 0.408 e. The van der Waals surface area contributed by atoms with E-state index in [0.717, 1.165) is 0 Å². The molecule has 104 valence electrons. The molecule has 1 saturated heterocycles. The number of hydrogen-bond acceptors (Lipinski definition) is 4. The molecular formula is C12H13F2NO4. The lowest BCUT2D eigenvalue weighted by atomic mass is 9.98. The number of phenols is 1. The average Bonchev–Trinajstić information content (AvgIpc) is 2.36. The van der Waals surface area contributed by atoms with E-state index in [-0.39, 0.29) is 17.9 Å². The van der Waals surface area contributed by atoms with Gasteiger partial charge in [-0.2, -0.15) is 0 Å². The minimum atomic E-state index is -3.31. The molecule has 1 amide bonds. The van der Waals surface area contributed by atoms with Crippen molar-refractivity contribution in [3.05, 3.63) is 23.8 Å². The molecule has 0 aromatic heterocycles. The molecule has 1 heterocycles. The summed E-state index contributed by atoms with van der Waals surface area (Å²) >= 11 is 0. The number of carbonyl (C=O) groups excluding carboxylic acids is 1. The highest BCUT2D eigenvalue weighted by atomic mass is 19.3. The zero-order valence-corrected chi connectivity index (χ0v) is 10.2. The molecule has 1 atom stereocenters. The van der Waals surface area contributed by atoms with Crippen LogP contribution >= 0.6 is 0 Å². The van der Waals surface area contributed by atoms with Crippen molar-refractivity contribution in [1.29, 1.82) is 0 Å². The molecule has 1 aliphatic rings. The number of phenolic OH excluding ortho intramolecular Hbond substituents is 1. The maximum absolute atomic E-state index is 13.7. The van der Waals surface area contributed by atoms with E-state index in [1.165, 1.54) is 18.2 Å². The number of nitrogens with one attached hydrogen (secondary N) is 1. The van der Waals surface area contributed by atoms with Gasteiger partial charge in [-0.25, -0.2) is 13.6 Å². The third-order valence-electron chi connectivity index (χ3n) is 2.72. The molecular weight excluding hydrogens is 260 g/mol. The van der Waals surface area contributed by atoms with Gasteiger partial charge in [0.05, 0.1) is 6.61 Å². The van der Waals surface area contributed by atoms with Crippen LogP contribution in [0.25, 0.3) is 0 Å². The van der Waals surface area contributed by atoms with Crippen LogP contribution in [0, 0.1) is 0 Å². The Kier molecular flexibility index (Phi) is 3.46. The molecule has 0 aliphatic carbocycles. The molecule has 1 aliphatic heterocycles. The Morgan fingerprint density at radius 2 is 2.32 bits per heavy atom. The summed E-state index contributed by atoms with van der Waals surface area (Å²) in [6, 6.07) is 2.59. The fourth-order valence-electron chi connectivity index (χ4n) is 1.86. The highest BCUT2D eigenvalue weighted by Gasteiger charge is 2.48. The summed E-state index contributed by atoms with van der Waals surface area (Å²) in [5.74, 6) is -3.62. The lowest BCUT2D eigenvalue weighted by molar-refractivity contribution is -0.104. The van der Waals surface area contributed by atoms with Gasteiger partial charge in [0.1, 0.15) is 6.04 Å². The topological polar surface area (TPSA) is 67.8 Å². The monoisotopic (exact) mass is 273 g/mol. The van der Waals surface area contributed by atoms with Crippen LogP contribution in [0.5, 0.6) is 11.5 Å². The number of ether oxygens (including phenoxy) is 2. The predicted molar refractivity (Wildman–Crippen MR) is 61.4 cm³/mol. The highest BCUT2D eigenvalue weighted by molar-refractivity contribution is 5.69. The first-order valence-corrected chi connectivity index (χ1v) is 5.71. The van der Waals surface area contributed by atoms with Gasteiger partial charge < -0.3 is 19.9 Å². The van der Waals surface area contributed by atoms with Crippen molar-refractivity contribution in [3.63, 3.8) is 0 Å². The summed E-state index contributed by atoms with van der Waals surface area (Å²) in [5, 5.41) is 11.9. The Labute approximate surface area is 108 Å². The van der Waals surface area contributed by atoms with E-state index in [1.54, 1.807) is 6.92 Å². The molecule has 2 rings (SSSR count). The molecule has 0 saturated carbocycles. The van der Waals surface area contributed by atoms with Crippen LogP contribution in [-0.4, -0.2) is 30.3 Å². The molecule has 19 heavy (non-hydrogen) atoms. The Hall–Kier alpha value is -2.05. The number of benzene rings is 1. The van der Waals surface area contributed by atoms with Crippen molar-refractivity contribution in [1.82, 2.24) is 5.32 Å². The molecule has 7 heteroatoms. The smallest absolute Gasteiger partial charge is 0.408 e. The lowest BCUT2D eigenvalue weighted by Gasteiger charge is -2.32. The van der Waals surface area contributed by atoms with Crippen molar-refractivity contribution in [2.45, 2.75) is 18.9 Å². The summed E-state index contributed by atoms with van der Waals surface area (Å²) in [5.41, 5.74) is -0.104. The third kappa shape index (κ3) is 2.54. The summed E-state index contributed by atoms with van der Waals surface area (Å²) in [4.78, 5) is 11.1. The van der Waals surface area contributed by atoms with Gasteiger partial charge in [-0.05, 0) is 13.0 Å². The quantitative estimate of drug-likeness (QED) is 0.886. The number of alkyl halides is 2. The van der Waals surface area contributed by atoms with Crippen molar-refractivity contribution in [2.75, 3.05) is 13.2 Å². The number of alkyl carbamates (subject to hydrolysis) is 1. The first-order chi connectivity index (χ1) is 8.95. The Balaban J connectivity index is 2.39. The normalized spacial score (nSPS) is 21.4. The summed E-state index contributed by atoms with van der Waals surface area (Å²) in [6.07, 6.45) is -0.947. The van der Waals surface area contributed by atoms with Crippen LogP contribution in [-0.2, 0) is 4.74 Å². The molecule has 1 aromatic carbocycles. The van der Waals surface area contributed by atoms with Gasteiger partial charge in [0.25, 0.3) is 0 Å². The second-order valence-electron chi connectivity index (χ2n) is 4.04. The van der Waals surface area contributed by atoms with Crippen LogP contribution in [0.4, 0.5) is 13.6 Å². The number of halogens is 2. The first kappa shape index (κ1) is 13.4. The SMILES string of the molecule is CCOc1cccc([C@H]2NC(=O)OCC2(F)F)c1O. The third-order valence-corrected chi connectivity index (χ3v) is 2.72. The van der Waals surface area contributed by atoms with Crippen LogP contribution in [0.1, 0.15) is 18.5 Å². The van der Waals surface area contributed by atoms with Gasteiger partial charge in [-0.3, -0.25) is 0 Å². The lowest BCUT2D eigenvalue weighted by Crippen LogP contribution is -2.49. The molecule has 0 unspecified atom stereocenters. The number of carbonyl (C=O) groups is 1. The van der Waals surface area contributed by atoms with Gasteiger partial charge in [0.2, 0.25) is 0 Å². The van der Waals surface area contributed by atoms with Gasteiger partial charge >= 0.3 is 12.0 Å². The fourth-order valence-corrected chi connectivity index (χ4v) is 1.86. The molecule has 0 radical (unpaired) electrons. The molecule has 1 fully saturated rings. The van der Waals surface area contributed by atoms with Crippen molar-refractivity contribution >= 4 is 6.09 Å².